The van der Waals surface area contributed by atoms with Crippen LogP contribution in [-0.2, 0) is 4.74 Å². The van der Waals surface area contributed by atoms with E-state index in [2.05, 4.69) is 15.3 Å². The third-order valence-electron chi connectivity index (χ3n) is 1.89. The minimum Gasteiger partial charge on any atom is -0.391 e. The monoisotopic (exact) mass is 230 g/mol. The van der Waals surface area contributed by atoms with Crippen LogP contribution in [0.5, 0.6) is 0 Å². The molecule has 1 atom stereocenters. The number of rotatable bonds is 6. The predicted octanol–water partition coefficient (Wildman–Crippen LogP) is 0.00720. The van der Waals surface area contributed by atoms with E-state index in [0.29, 0.717) is 13.0 Å². The number of aliphatic hydroxyl groups excluding tert-OH is 1. The molecule has 0 fully saturated rings. The Kier molecular flexibility index (Phi) is 4.87. The number of methoxy groups -OCH3 is 1. The summed E-state index contributed by atoms with van der Waals surface area (Å²) in [7, 11) is 1.50. The number of nitrogens with one attached hydrogen (secondary N) is 1. The fourth-order valence-corrected chi connectivity index (χ4v) is 1.14. The van der Waals surface area contributed by atoms with Gasteiger partial charge in [0.05, 0.1) is 18.9 Å². The summed E-state index contributed by atoms with van der Waals surface area (Å²) in [5.74, 6) is -0.533. The highest BCUT2D eigenvalue weighted by atomic mass is 19.1. The van der Waals surface area contributed by atoms with E-state index >= 15 is 0 Å². The Balaban J connectivity index is 2.39. The Hall–Kier alpha value is -1.47. The molecular weight excluding hydrogens is 215 g/mol. The van der Waals surface area contributed by atoms with E-state index < -0.39 is 11.9 Å². The van der Waals surface area contributed by atoms with Crippen LogP contribution in [0.1, 0.15) is 6.42 Å². The van der Waals surface area contributed by atoms with Crippen molar-refractivity contribution in [1.82, 2.24) is 9.97 Å². The molecule has 7 heteroatoms. The summed E-state index contributed by atoms with van der Waals surface area (Å²) < 4.78 is 17.9. The maximum absolute atomic E-state index is 13.1. The molecule has 1 unspecified atom stereocenters. The first-order valence-electron chi connectivity index (χ1n) is 4.82. The molecule has 1 heterocycles. The van der Waals surface area contributed by atoms with E-state index in [1.807, 2.05) is 0 Å². The van der Waals surface area contributed by atoms with Gasteiger partial charge in [-0.05, 0) is 6.42 Å². The lowest BCUT2D eigenvalue weighted by Gasteiger charge is -2.10. The number of nitrogen functional groups attached to an aromatic ring is 1. The average molecular weight is 230 g/mol. The Morgan fingerprint density at radius 2 is 2.44 bits per heavy atom. The number of nitrogens with two attached hydrogens (primary N) is 1. The molecule has 16 heavy (non-hydrogen) atoms. The van der Waals surface area contributed by atoms with Crippen LogP contribution >= 0.6 is 0 Å². The number of hydrogen-bond donors (Lipinski definition) is 3. The molecule has 0 aliphatic carbocycles. The molecule has 0 aliphatic rings. The Bertz CT molecular complexity index is 337. The van der Waals surface area contributed by atoms with E-state index in [1.165, 1.54) is 7.11 Å². The van der Waals surface area contributed by atoms with Gasteiger partial charge >= 0.3 is 0 Å². The highest BCUT2D eigenvalue weighted by Crippen LogP contribution is 2.10. The van der Waals surface area contributed by atoms with Crippen LogP contribution in [0.15, 0.2) is 6.20 Å². The normalized spacial score (nSPS) is 12.4. The molecule has 6 nitrogen and oxygen atoms in total. The lowest BCUT2D eigenvalue weighted by molar-refractivity contribution is 0.0615. The molecule has 0 aliphatic heterocycles. The number of aliphatic hydroxyl groups is 1. The fraction of sp³-hybridized carbons (Fsp3) is 0.556. The van der Waals surface area contributed by atoms with Crippen molar-refractivity contribution in [1.29, 1.82) is 0 Å². The second-order valence-corrected chi connectivity index (χ2v) is 3.25. The largest absolute Gasteiger partial charge is 0.391 e. The molecule has 0 radical (unpaired) electrons. The molecule has 0 saturated carbocycles. The van der Waals surface area contributed by atoms with Gasteiger partial charge < -0.3 is 20.9 Å². The molecule has 0 amide bonds. The Labute approximate surface area is 92.7 Å². The summed E-state index contributed by atoms with van der Waals surface area (Å²) in [5.41, 5.74) is 5.31. The number of hydrogen-bond acceptors (Lipinski definition) is 6. The molecule has 4 N–H and O–H groups in total. The number of ether oxygens (including phenoxy) is 1. The standard InChI is InChI=1S/C9H15FN4O2/c1-16-5-6(15)2-3-12-8-7(10)4-13-9(11)14-8/h4,6,15H,2-3,5H2,1H3,(H3,11,12,13,14). The minimum atomic E-state index is -0.584. The van der Waals surface area contributed by atoms with Crippen LogP contribution in [0, 0.1) is 5.82 Å². The number of halogens is 1. The van der Waals surface area contributed by atoms with Crippen molar-refractivity contribution in [2.45, 2.75) is 12.5 Å². The maximum atomic E-state index is 13.1. The summed E-state index contributed by atoms with van der Waals surface area (Å²) in [4.78, 5) is 7.18. The summed E-state index contributed by atoms with van der Waals surface area (Å²) in [6.45, 7) is 0.619. The quantitative estimate of drug-likeness (QED) is 0.637. The van der Waals surface area contributed by atoms with Gasteiger partial charge in [-0.15, -0.1) is 0 Å². The first-order chi connectivity index (χ1) is 7.63. The Morgan fingerprint density at radius 1 is 1.69 bits per heavy atom. The van der Waals surface area contributed by atoms with Crippen LogP contribution in [0.2, 0.25) is 0 Å². The van der Waals surface area contributed by atoms with Crippen molar-refractivity contribution in [3.8, 4) is 0 Å². The molecule has 1 aromatic rings. The smallest absolute Gasteiger partial charge is 0.222 e. The van der Waals surface area contributed by atoms with Crippen molar-refractivity contribution in [3.05, 3.63) is 12.0 Å². The zero-order valence-electron chi connectivity index (χ0n) is 8.98. The van der Waals surface area contributed by atoms with Gasteiger partial charge in [0.2, 0.25) is 5.95 Å². The van der Waals surface area contributed by atoms with E-state index in [1.54, 1.807) is 0 Å². The zero-order chi connectivity index (χ0) is 12.0. The molecule has 90 valence electrons. The molecule has 1 aromatic heterocycles. The summed E-state index contributed by atoms with van der Waals surface area (Å²) >= 11 is 0. The average Bonchev–Trinajstić information content (AvgIpc) is 2.23. The van der Waals surface area contributed by atoms with Crippen molar-refractivity contribution < 1.29 is 14.2 Å². The van der Waals surface area contributed by atoms with Crippen LogP contribution in [0.3, 0.4) is 0 Å². The molecule has 0 aromatic carbocycles. The summed E-state index contributed by atoms with van der Waals surface area (Å²) in [6, 6.07) is 0. The van der Waals surface area contributed by atoms with Crippen molar-refractivity contribution in [2.24, 2.45) is 0 Å². The van der Waals surface area contributed by atoms with Crippen LogP contribution in [0.4, 0.5) is 16.2 Å². The van der Waals surface area contributed by atoms with Crippen molar-refractivity contribution in [3.63, 3.8) is 0 Å². The van der Waals surface area contributed by atoms with Crippen LogP contribution in [-0.4, -0.2) is 41.4 Å². The SMILES string of the molecule is COCC(O)CCNc1nc(N)ncc1F. The van der Waals surface area contributed by atoms with E-state index in [-0.39, 0.29) is 18.4 Å². The van der Waals surface area contributed by atoms with E-state index in [0.717, 1.165) is 6.20 Å². The highest BCUT2D eigenvalue weighted by molar-refractivity contribution is 5.38. The lowest BCUT2D eigenvalue weighted by atomic mass is 10.2. The van der Waals surface area contributed by atoms with Gasteiger partial charge in [-0.2, -0.15) is 4.98 Å². The number of nitrogens with zero attached hydrogens (tertiary/aromatic N) is 2. The summed E-state index contributed by atoms with van der Waals surface area (Å²) in [6.07, 6.45) is 0.840. The van der Waals surface area contributed by atoms with Crippen LogP contribution < -0.4 is 11.1 Å². The maximum Gasteiger partial charge on any atom is 0.222 e. The predicted molar refractivity (Wildman–Crippen MR) is 57.4 cm³/mol. The molecule has 0 bridgehead atoms. The van der Waals surface area contributed by atoms with Crippen LogP contribution in [0.25, 0.3) is 0 Å². The second kappa shape index (κ2) is 6.19. The van der Waals surface area contributed by atoms with Gasteiger partial charge in [0.15, 0.2) is 11.6 Å². The van der Waals surface area contributed by atoms with Gasteiger partial charge in [-0.3, -0.25) is 0 Å². The molecule has 1 rings (SSSR count). The van der Waals surface area contributed by atoms with Crippen molar-refractivity contribution in [2.75, 3.05) is 31.3 Å². The van der Waals surface area contributed by atoms with Gasteiger partial charge in [0, 0.05) is 13.7 Å². The van der Waals surface area contributed by atoms with E-state index in [4.69, 9.17) is 10.5 Å². The van der Waals surface area contributed by atoms with Crippen molar-refractivity contribution >= 4 is 11.8 Å². The zero-order valence-corrected chi connectivity index (χ0v) is 8.98. The summed E-state index contributed by atoms with van der Waals surface area (Å²) in [5, 5.41) is 12.1. The second-order valence-electron chi connectivity index (χ2n) is 3.25. The van der Waals surface area contributed by atoms with Gasteiger partial charge in [-0.1, -0.05) is 0 Å². The third kappa shape index (κ3) is 3.95. The number of anilines is 2. The highest BCUT2D eigenvalue weighted by Gasteiger charge is 2.06. The molecular formula is C9H15FN4O2. The fourth-order valence-electron chi connectivity index (χ4n) is 1.14. The first-order valence-corrected chi connectivity index (χ1v) is 4.82. The first kappa shape index (κ1) is 12.6. The van der Waals surface area contributed by atoms with Gasteiger partial charge in [0.1, 0.15) is 0 Å². The lowest BCUT2D eigenvalue weighted by Crippen LogP contribution is -2.19. The van der Waals surface area contributed by atoms with Gasteiger partial charge in [0.25, 0.3) is 0 Å². The third-order valence-corrected chi connectivity index (χ3v) is 1.89. The molecule has 0 saturated heterocycles. The van der Waals surface area contributed by atoms with Gasteiger partial charge in [-0.25, -0.2) is 9.37 Å². The topological polar surface area (TPSA) is 93.3 Å². The Morgan fingerprint density at radius 3 is 3.12 bits per heavy atom. The number of aromatic nitrogens is 2. The molecule has 0 spiro atoms. The van der Waals surface area contributed by atoms with E-state index in [9.17, 15) is 9.50 Å². The minimum absolute atomic E-state index is 0.00124.